The zero-order valence-electron chi connectivity index (χ0n) is 15.7. The Kier molecular flexibility index (Phi) is 6.66. The summed E-state index contributed by atoms with van der Waals surface area (Å²) in [4.78, 5) is 26.4. The number of amides is 2. The summed E-state index contributed by atoms with van der Waals surface area (Å²) in [7, 11) is 0. The molecule has 1 fully saturated rings. The van der Waals surface area contributed by atoms with Crippen LogP contribution in [0, 0.1) is 6.92 Å². The number of aryl methyl sites for hydroxylation is 1. The number of carbonyl (C=O) groups excluding carboxylic acids is 2. The van der Waals surface area contributed by atoms with Gasteiger partial charge in [-0.15, -0.1) is 0 Å². The van der Waals surface area contributed by atoms with Crippen molar-refractivity contribution >= 4 is 34.8 Å². The predicted octanol–water partition coefficient (Wildman–Crippen LogP) is 1.88. The van der Waals surface area contributed by atoms with E-state index in [1.165, 1.54) is 19.0 Å². The molecule has 0 aliphatic carbocycles. The summed E-state index contributed by atoms with van der Waals surface area (Å²) >= 11 is 5.89. The van der Waals surface area contributed by atoms with Crippen molar-refractivity contribution in [3.8, 4) is 0 Å². The van der Waals surface area contributed by atoms with Crippen molar-refractivity contribution in [2.45, 2.75) is 32.4 Å². The molecule has 1 saturated heterocycles. The van der Waals surface area contributed by atoms with Crippen molar-refractivity contribution in [1.29, 1.82) is 0 Å². The first-order valence-electron chi connectivity index (χ1n) is 9.22. The molecule has 1 aliphatic heterocycles. The number of rotatable bonds is 6. The minimum Gasteiger partial charge on any atom is -0.390 e. The largest absolute Gasteiger partial charge is 0.390 e. The van der Waals surface area contributed by atoms with Crippen LogP contribution in [0.3, 0.4) is 0 Å². The standard InChI is InChI=1S/C19H24ClN5O3/c1-13-8-14(20)4-5-17(13)23-19(28)18(27)22-15-9-21-25(10-15)12-16(26)11-24-6-2-3-7-24/h4-5,8-10,16,26H,2-3,6-7,11-12H2,1H3,(H,22,27)(H,23,28). The van der Waals surface area contributed by atoms with E-state index in [0.717, 1.165) is 18.7 Å². The Hall–Kier alpha value is -2.42. The van der Waals surface area contributed by atoms with Gasteiger partial charge >= 0.3 is 11.8 Å². The fraction of sp³-hybridized carbons (Fsp3) is 0.421. The van der Waals surface area contributed by atoms with E-state index < -0.39 is 17.9 Å². The van der Waals surface area contributed by atoms with Crippen molar-refractivity contribution in [2.24, 2.45) is 0 Å². The minimum absolute atomic E-state index is 0.322. The molecule has 1 aromatic carbocycles. The number of nitrogens with zero attached hydrogens (tertiary/aromatic N) is 3. The lowest BCUT2D eigenvalue weighted by atomic mass is 10.2. The molecule has 0 radical (unpaired) electrons. The Balaban J connectivity index is 1.50. The Bertz CT molecular complexity index is 848. The summed E-state index contributed by atoms with van der Waals surface area (Å²) < 4.78 is 1.55. The van der Waals surface area contributed by atoms with E-state index >= 15 is 0 Å². The highest BCUT2D eigenvalue weighted by atomic mass is 35.5. The van der Waals surface area contributed by atoms with Crippen LogP contribution in [0.15, 0.2) is 30.6 Å². The quantitative estimate of drug-likeness (QED) is 0.637. The number of aliphatic hydroxyl groups is 1. The average molecular weight is 406 g/mol. The van der Waals surface area contributed by atoms with Crippen LogP contribution in [0.5, 0.6) is 0 Å². The SMILES string of the molecule is Cc1cc(Cl)ccc1NC(=O)C(=O)Nc1cnn(CC(O)CN2CCCC2)c1. The molecular weight excluding hydrogens is 382 g/mol. The number of β-amino-alcohol motifs (C(OH)–C–C–N with tert-alkyl or cyclic N) is 1. The number of anilines is 2. The number of likely N-dealkylation sites (tertiary alicyclic amines) is 1. The number of halogens is 1. The highest BCUT2D eigenvalue weighted by molar-refractivity contribution is 6.43. The highest BCUT2D eigenvalue weighted by Crippen LogP contribution is 2.19. The lowest BCUT2D eigenvalue weighted by Crippen LogP contribution is -2.32. The smallest absolute Gasteiger partial charge is 0.314 e. The third-order valence-electron chi connectivity index (χ3n) is 4.60. The molecule has 0 saturated carbocycles. The molecule has 8 nitrogen and oxygen atoms in total. The van der Waals surface area contributed by atoms with Gasteiger partial charge in [-0.05, 0) is 56.6 Å². The summed E-state index contributed by atoms with van der Waals surface area (Å²) in [5.74, 6) is -1.58. The molecular formula is C19H24ClN5O3. The number of nitrogens with one attached hydrogen (secondary N) is 2. The molecule has 150 valence electrons. The molecule has 2 amide bonds. The van der Waals surface area contributed by atoms with Crippen LogP contribution < -0.4 is 10.6 Å². The van der Waals surface area contributed by atoms with Crippen LogP contribution in [0.25, 0.3) is 0 Å². The Labute approximate surface area is 168 Å². The summed E-state index contributed by atoms with van der Waals surface area (Å²) in [5, 5.41) is 19.9. The number of hydrogen-bond acceptors (Lipinski definition) is 5. The first-order chi connectivity index (χ1) is 13.4. The molecule has 1 aromatic heterocycles. The number of aliphatic hydroxyl groups excluding tert-OH is 1. The number of hydrogen-bond donors (Lipinski definition) is 3. The van der Waals surface area contributed by atoms with Gasteiger partial charge in [0, 0.05) is 23.5 Å². The van der Waals surface area contributed by atoms with Crippen LogP contribution in [-0.2, 0) is 16.1 Å². The van der Waals surface area contributed by atoms with Crippen LogP contribution in [0.4, 0.5) is 11.4 Å². The van der Waals surface area contributed by atoms with Crippen LogP contribution in [0.2, 0.25) is 5.02 Å². The Morgan fingerprint density at radius 3 is 2.64 bits per heavy atom. The van der Waals surface area contributed by atoms with Crippen LogP contribution in [-0.4, -0.2) is 57.3 Å². The van der Waals surface area contributed by atoms with Crippen molar-refractivity contribution in [3.63, 3.8) is 0 Å². The van der Waals surface area contributed by atoms with Gasteiger partial charge in [0.1, 0.15) is 0 Å². The lowest BCUT2D eigenvalue weighted by molar-refractivity contribution is -0.133. The second-order valence-electron chi connectivity index (χ2n) is 6.98. The van der Waals surface area contributed by atoms with Crippen molar-refractivity contribution in [1.82, 2.24) is 14.7 Å². The first kappa shape index (κ1) is 20.3. The zero-order valence-corrected chi connectivity index (χ0v) is 16.4. The Morgan fingerprint density at radius 1 is 1.21 bits per heavy atom. The van der Waals surface area contributed by atoms with Gasteiger partial charge in [0.25, 0.3) is 0 Å². The number of carbonyl (C=O) groups is 2. The summed E-state index contributed by atoms with van der Waals surface area (Å²) in [6.07, 6.45) is 4.83. The maximum absolute atomic E-state index is 12.1. The third kappa shape index (κ3) is 5.54. The maximum Gasteiger partial charge on any atom is 0.314 e. The zero-order chi connectivity index (χ0) is 20.1. The summed E-state index contributed by atoms with van der Waals surface area (Å²) in [6.45, 7) is 4.74. The molecule has 1 atom stereocenters. The fourth-order valence-corrected chi connectivity index (χ4v) is 3.43. The lowest BCUT2D eigenvalue weighted by Gasteiger charge is -2.19. The van der Waals surface area contributed by atoms with Crippen molar-refractivity contribution in [3.05, 3.63) is 41.2 Å². The van der Waals surface area contributed by atoms with E-state index in [9.17, 15) is 14.7 Å². The van der Waals surface area contributed by atoms with Gasteiger partial charge in [-0.1, -0.05) is 11.6 Å². The topological polar surface area (TPSA) is 99.5 Å². The Morgan fingerprint density at radius 2 is 1.93 bits per heavy atom. The second kappa shape index (κ2) is 9.18. The fourth-order valence-electron chi connectivity index (χ4n) is 3.20. The highest BCUT2D eigenvalue weighted by Gasteiger charge is 2.18. The van der Waals surface area contributed by atoms with E-state index in [1.807, 2.05) is 0 Å². The molecule has 2 heterocycles. The molecule has 9 heteroatoms. The molecule has 3 N–H and O–H groups in total. The van der Waals surface area contributed by atoms with Gasteiger partial charge in [0.15, 0.2) is 0 Å². The van der Waals surface area contributed by atoms with Gasteiger partial charge in [0.05, 0.1) is 24.5 Å². The summed E-state index contributed by atoms with van der Waals surface area (Å²) in [5.41, 5.74) is 1.67. The molecule has 1 unspecified atom stereocenters. The van der Waals surface area contributed by atoms with E-state index in [4.69, 9.17) is 11.6 Å². The van der Waals surface area contributed by atoms with Crippen molar-refractivity contribution < 1.29 is 14.7 Å². The monoisotopic (exact) mass is 405 g/mol. The van der Waals surface area contributed by atoms with E-state index in [1.54, 1.807) is 36.0 Å². The van der Waals surface area contributed by atoms with E-state index in [-0.39, 0.29) is 0 Å². The van der Waals surface area contributed by atoms with Gasteiger partial charge in [-0.3, -0.25) is 14.3 Å². The minimum atomic E-state index is -0.800. The van der Waals surface area contributed by atoms with Gasteiger partial charge < -0.3 is 20.6 Å². The van der Waals surface area contributed by atoms with E-state index in [0.29, 0.717) is 29.5 Å². The molecule has 0 spiro atoms. The van der Waals surface area contributed by atoms with E-state index in [2.05, 4.69) is 20.6 Å². The molecule has 1 aliphatic rings. The predicted molar refractivity (Wildman–Crippen MR) is 107 cm³/mol. The molecule has 28 heavy (non-hydrogen) atoms. The van der Waals surface area contributed by atoms with Gasteiger partial charge in [-0.25, -0.2) is 0 Å². The first-order valence-corrected chi connectivity index (χ1v) is 9.60. The van der Waals surface area contributed by atoms with Gasteiger partial charge in [-0.2, -0.15) is 5.10 Å². The number of benzene rings is 1. The van der Waals surface area contributed by atoms with Gasteiger partial charge in [0.2, 0.25) is 0 Å². The van der Waals surface area contributed by atoms with Crippen LogP contribution in [0.1, 0.15) is 18.4 Å². The van der Waals surface area contributed by atoms with Crippen LogP contribution >= 0.6 is 11.6 Å². The molecule has 0 bridgehead atoms. The maximum atomic E-state index is 12.1. The number of aromatic nitrogens is 2. The molecule has 2 aromatic rings. The normalized spacial score (nSPS) is 15.4. The third-order valence-corrected chi connectivity index (χ3v) is 4.83. The summed E-state index contributed by atoms with van der Waals surface area (Å²) in [6, 6.07) is 4.98. The van der Waals surface area contributed by atoms with Crippen molar-refractivity contribution in [2.75, 3.05) is 30.3 Å². The average Bonchev–Trinajstić information content (AvgIpc) is 3.29. The second-order valence-corrected chi connectivity index (χ2v) is 7.42. The molecule has 3 rings (SSSR count).